The molecule has 0 unspecified atom stereocenters. The van der Waals surface area contributed by atoms with Gasteiger partial charge in [-0.2, -0.15) is 0 Å². The summed E-state index contributed by atoms with van der Waals surface area (Å²) in [4.78, 5) is 5.06. The Morgan fingerprint density at radius 3 is 2.67 bits per heavy atom. The third kappa shape index (κ3) is 2.00. The Balaban J connectivity index is 2.04. The molecule has 1 aliphatic heterocycles. The number of aliphatic imine (C=N–C) groups is 1. The van der Waals surface area contributed by atoms with Crippen molar-refractivity contribution in [3.05, 3.63) is 35.9 Å². The first kappa shape index (κ1) is 12.0. The molecule has 0 spiro atoms. The number of nitrogens with zero attached hydrogens (tertiary/aromatic N) is 1. The third-order valence-corrected chi connectivity index (χ3v) is 4.87. The lowest BCUT2D eigenvalue weighted by molar-refractivity contribution is 0.236. The fraction of sp³-hybridized carbons (Fsp3) is 0.588. The van der Waals surface area contributed by atoms with Crippen LogP contribution in [0.15, 0.2) is 35.3 Å². The van der Waals surface area contributed by atoms with E-state index >= 15 is 0 Å². The van der Waals surface area contributed by atoms with E-state index in [0.717, 1.165) is 0 Å². The molecule has 1 aromatic carbocycles. The summed E-state index contributed by atoms with van der Waals surface area (Å²) in [6.07, 6.45) is 9.18. The molecule has 0 saturated heterocycles. The molecule has 1 fully saturated rings. The van der Waals surface area contributed by atoms with Crippen LogP contribution >= 0.6 is 0 Å². The predicted molar refractivity (Wildman–Crippen MR) is 77.3 cm³/mol. The summed E-state index contributed by atoms with van der Waals surface area (Å²) in [7, 11) is 0. The van der Waals surface area contributed by atoms with Crippen molar-refractivity contribution in [2.24, 2.45) is 4.99 Å². The van der Waals surface area contributed by atoms with Crippen molar-refractivity contribution >= 4 is 5.71 Å². The van der Waals surface area contributed by atoms with Crippen molar-refractivity contribution in [1.82, 2.24) is 0 Å². The first-order valence-corrected chi connectivity index (χ1v) is 7.40. The van der Waals surface area contributed by atoms with Gasteiger partial charge in [-0.1, -0.05) is 43.2 Å². The Kier molecular flexibility index (Phi) is 3.23. The minimum atomic E-state index is 0.345. The lowest BCUT2D eigenvalue weighted by Crippen LogP contribution is -2.40. The van der Waals surface area contributed by atoms with Crippen LogP contribution in [0.3, 0.4) is 0 Å². The highest BCUT2D eigenvalue weighted by molar-refractivity contribution is 5.82. The normalized spacial score (nSPS) is 32.3. The van der Waals surface area contributed by atoms with Gasteiger partial charge in [0.15, 0.2) is 0 Å². The monoisotopic (exact) mass is 241 g/mol. The van der Waals surface area contributed by atoms with E-state index in [4.69, 9.17) is 4.99 Å². The van der Waals surface area contributed by atoms with E-state index < -0.39 is 0 Å². The average molecular weight is 241 g/mol. The molecule has 2 aliphatic rings. The maximum Gasteiger partial charge on any atom is 0.0595 e. The second kappa shape index (κ2) is 4.87. The van der Waals surface area contributed by atoms with Crippen molar-refractivity contribution in [2.45, 2.75) is 63.3 Å². The summed E-state index contributed by atoms with van der Waals surface area (Å²) in [5.74, 6) is 0. The molecule has 0 bridgehead atoms. The van der Waals surface area contributed by atoms with E-state index in [0.29, 0.717) is 11.5 Å². The highest BCUT2D eigenvalue weighted by Gasteiger charge is 2.42. The molecule has 1 aromatic rings. The van der Waals surface area contributed by atoms with Crippen LogP contribution in [0.25, 0.3) is 0 Å². The van der Waals surface area contributed by atoms with E-state index in [1.165, 1.54) is 56.2 Å². The van der Waals surface area contributed by atoms with Gasteiger partial charge in [-0.15, -0.1) is 0 Å². The molecule has 0 radical (unpaired) electrons. The molecular formula is C17H23N. The number of rotatable bonds is 1. The molecule has 1 heteroatoms. The highest BCUT2D eigenvalue weighted by atomic mass is 14.8. The Hall–Kier alpha value is -1.11. The molecule has 3 rings (SSSR count). The molecule has 96 valence electrons. The summed E-state index contributed by atoms with van der Waals surface area (Å²) in [5, 5.41) is 0. The van der Waals surface area contributed by atoms with E-state index in [1.54, 1.807) is 0 Å². The lowest BCUT2D eigenvalue weighted by atomic mass is 9.64. The van der Waals surface area contributed by atoms with Crippen molar-refractivity contribution in [1.29, 1.82) is 0 Å². The van der Waals surface area contributed by atoms with Gasteiger partial charge < -0.3 is 0 Å². The van der Waals surface area contributed by atoms with Gasteiger partial charge in [-0.25, -0.2) is 0 Å². The number of benzene rings is 1. The van der Waals surface area contributed by atoms with Crippen molar-refractivity contribution in [3.8, 4) is 0 Å². The second-order valence-corrected chi connectivity index (χ2v) is 6.00. The quantitative estimate of drug-likeness (QED) is 0.686. The number of hydrogen-bond acceptors (Lipinski definition) is 1. The zero-order valence-corrected chi connectivity index (χ0v) is 11.4. The highest BCUT2D eigenvalue weighted by Crippen LogP contribution is 2.46. The Labute approximate surface area is 110 Å². The standard InChI is InChI=1S/C17H23N/c1-14-8-7-13-17(15-9-3-2-4-10-15)12-6-5-11-16(17)18-14/h2-4,9-10,16H,5-8,11-13H2,1H3/t16-,17+/m1/s1. The fourth-order valence-electron chi connectivity index (χ4n) is 3.94. The largest absolute Gasteiger partial charge is 0.290 e. The Morgan fingerprint density at radius 2 is 1.83 bits per heavy atom. The van der Waals surface area contributed by atoms with Crippen LogP contribution in [0.4, 0.5) is 0 Å². The van der Waals surface area contributed by atoms with Gasteiger partial charge >= 0.3 is 0 Å². The second-order valence-electron chi connectivity index (χ2n) is 6.00. The Bertz CT molecular complexity index is 434. The van der Waals surface area contributed by atoms with E-state index in [9.17, 15) is 0 Å². The van der Waals surface area contributed by atoms with Gasteiger partial charge in [0.05, 0.1) is 6.04 Å². The smallest absolute Gasteiger partial charge is 0.0595 e. The van der Waals surface area contributed by atoms with Gasteiger partial charge in [0.25, 0.3) is 0 Å². The summed E-state index contributed by atoms with van der Waals surface area (Å²) >= 11 is 0. The maximum absolute atomic E-state index is 5.06. The molecular weight excluding hydrogens is 218 g/mol. The lowest BCUT2D eigenvalue weighted by Gasteiger charge is -2.42. The van der Waals surface area contributed by atoms with Gasteiger partial charge in [0, 0.05) is 11.1 Å². The first-order valence-electron chi connectivity index (χ1n) is 7.40. The van der Waals surface area contributed by atoms with Gasteiger partial charge in [-0.3, -0.25) is 4.99 Å². The van der Waals surface area contributed by atoms with Gasteiger partial charge in [0.1, 0.15) is 0 Å². The zero-order chi connectivity index (χ0) is 12.4. The number of hydrogen-bond donors (Lipinski definition) is 0. The van der Waals surface area contributed by atoms with Gasteiger partial charge in [0.2, 0.25) is 0 Å². The van der Waals surface area contributed by atoms with E-state index in [-0.39, 0.29) is 0 Å². The first-order chi connectivity index (χ1) is 8.81. The maximum atomic E-state index is 5.06. The Morgan fingerprint density at radius 1 is 1.06 bits per heavy atom. The number of fused-ring (bicyclic) bond motifs is 1. The summed E-state index contributed by atoms with van der Waals surface area (Å²) in [6.45, 7) is 2.22. The van der Waals surface area contributed by atoms with Crippen molar-refractivity contribution < 1.29 is 0 Å². The van der Waals surface area contributed by atoms with Crippen molar-refractivity contribution in [3.63, 3.8) is 0 Å². The van der Waals surface area contributed by atoms with Crippen LogP contribution in [0.2, 0.25) is 0 Å². The van der Waals surface area contributed by atoms with Crippen molar-refractivity contribution in [2.75, 3.05) is 0 Å². The van der Waals surface area contributed by atoms with E-state index in [2.05, 4.69) is 37.3 Å². The molecule has 1 saturated carbocycles. The van der Waals surface area contributed by atoms with Crippen LogP contribution in [0, 0.1) is 0 Å². The zero-order valence-electron chi connectivity index (χ0n) is 11.4. The minimum Gasteiger partial charge on any atom is -0.290 e. The van der Waals surface area contributed by atoms with Crippen LogP contribution in [0.5, 0.6) is 0 Å². The molecule has 0 aromatic heterocycles. The molecule has 1 aliphatic carbocycles. The van der Waals surface area contributed by atoms with Crippen LogP contribution in [-0.4, -0.2) is 11.8 Å². The van der Waals surface area contributed by atoms with Gasteiger partial charge in [-0.05, 0) is 44.6 Å². The fourth-order valence-corrected chi connectivity index (χ4v) is 3.94. The molecule has 0 amide bonds. The molecule has 1 nitrogen and oxygen atoms in total. The third-order valence-electron chi connectivity index (χ3n) is 4.87. The predicted octanol–water partition coefficient (Wildman–Crippen LogP) is 4.51. The molecule has 2 atom stereocenters. The van der Waals surface area contributed by atoms with Crippen LogP contribution < -0.4 is 0 Å². The molecule has 1 heterocycles. The summed E-state index contributed by atoms with van der Waals surface area (Å²) < 4.78 is 0. The SMILES string of the molecule is CC1=N[C@@H]2CCCC[C@@]2(c2ccccc2)CCC1. The van der Waals surface area contributed by atoms with Crippen LogP contribution in [0.1, 0.15) is 57.4 Å². The molecule has 18 heavy (non-hydrogen) atoms. The van der Waals surface area contributed by atoms with Crippen LogP contribution in [-0.2, 0) is 5.41 Å². The molecule has 0 N–H and O–H groups in total. The average Bonchev–Trinajstić information content (AvgIpc) is 2.58. The topological polar surface area (TPSA) is 12.4 Å². The van der Waals surface area contributed by atoms with E-state index in [1.807, 2.05) is 0 Å². The summed E-state index contributed by atoms with van der Waals surface area (Å²) in [5.41, 5.74) is 3.25. The summed E-state index contributed by atoms with van der Waals surface area (Å²) in [6, 6.07) is 11.7. The minimum absolute atomic E-state index is 0.345.